The molecular weight excluding hydrogens is 98.1 g/mol. The third-order valence-electron chi connectivity index (χ3n) is 1.59. The third-order valence-corrected chi connectivity index (χ3v) is 1.59. The molecular formula is C7H14N. The molecule has 0 aliphatic carbocycles. The van der Waals surface area contributed by atoms with Crippen LogP contribution in [0.25, 0.3) is 0 Å². The highest BCUT2D eigenvalue weighted by Gasteiger charge is 2.19. The summed E-state index contributed by atoms with van der Waals surface area (Å²) in [6.45, 7) is 6.85. The molecule has 8 heavy (non-hydrogen) atoms. The van der Waals surface area contributed by atoms with E-state index >= 15 is 0 Å². The smallest absolute Gasteiger partial charge is 0.000275 e. The maximum Gasteiger partial charge on any atom is 0.000275 e. The molecule has 0 aromatic carbocycles. The van der Waals surface area contributed by atoms with E-state index in [1.54, 1.807) is 0 Å². The van der Waals surface area contributed by atoms with Gasteiger partial charge in [-0.2, -0.15) is 0 Å². The minimum absolute atomic E-state index is 0.512. The Labute approximate surface area is 51.5 Å². The Morgan fingerprint density at radius 2 is 2.25 bits per heavy atom. The predicted molar refractivity (Wildman–Crippen MR) is 35.6 cm³/mol. The van der Waals surface area contributed by atoms with E-state index in [4.69, 9.17) is 0 Å². The summed E-state index contributed by atoms with van der Waals surface area (Å²) in [5.74, 6) is 0. The van der Waals surface area contributed by atoms with Crippen molar-refractivity contribution in [3.8, 4) is 0 Å². The van der Waals surface area contributed by atoms with Crippen LogP contribution in [0, 0.1) is 11.8 Å². The monoisotopic (exact) mass is 112 g/mol. The zero-order chi connectivity index (χ0) is 6.04. The molecule has 1 heterocycles. The summed E-state index contributed by atoms with van der Waals surface area (Å²) < 4.78 is 0. The molecule has 0 spiro atoms. The first-order valence-corrected chi connectivity index (χ1v) is 3.23. The first-order valence-electron chi connectivity index (χ1n) is 3.23. The quantitative estimate of drug-likeness (QED) is 0.496. The second-order valence-corrected chi connectivity index (χ2v) is 3.29. The van der Waals surface area contributed by atoms with Gasteiger partial charge in [0.1, 0.15) is 0 Å². The van der Waals surface area contributed by atoms with Crippen LogP contribution in [0.4, 0.5) is 0 Å². The lowest BCUT2D eigenvalue weighted by Crippen LogP contribution is -2.35. The summed E-state index contributed by atoms with van der Waals surface area (Å²) in [6, 6.07) is 0. The Bertz CT molecular complexity index is 68.5. The van der Waals surface area contributed by atoms with Gasteiger partial charge in [-0.25, -0.2) is 0 Å². The first kappa shape index (κ1) is 6.09. The van der Waals surface area contributed by atoms with Crippen molar-refractivity contribution in [2.45, 2.75) is 20.3 Å². The molecule has 1 aliphatic heterocycles. The highest BCUT2D eigenvalue weighted by Crippen LogP contribution is 2.22. The lowest BCUT2D eigenvalue weighted by Gasteiger charge is -2.29. The number of rotatable bonds is 0. The molecule has 0 aromatic heterocycles. The van der Waals surface area contributed by atoms with Gasteiger partial charge in [0.05, 0.1) is 0 Å². The van der Waals surface area contributed by atoms with E-state index < -0.39 is 0 Å². The van der Waals surface area contributed by atoms with Crippen LogP contribution in [-0.2, 0) is 0 Å². The fourth-order valence-corrected chi connectivity index (χ4v) is 1.05. The lowest BCUT2D eigenvalue weighted by molar-refractivity contribution is 0.306. The Morgan fingerprint density at radius 3 is 2.50 bits per heavy atom. The maximum atomic E-state index is 3.32. The Morgan fingerprint density at radius 1 is 1.50 bits per heavy atom. The van der Waals surface area contributed by atoms with Crippen molar-refractivity contribution in [1.82, 2.24) is 5.32 Å². The van der Waals surface area contributed by atoms with Gasteiger partial charge < -0.3 is 5.32 Å². The van der Waals surface area contributed by atoms with Gasteiger partial charge in [0.2, 0.25) is 0 Å². The molecule has 1 saturated heterocycles. The average molecular weight is 112 g/mol. The number of hydrogen-bond donors (Lipinski definition) is 1. The van der Waals surface area contributed by atoms with E-state index in [0.717, 1.165) is 6.54 Å². The van der Waals surface area contributed by atoms with Crippen LogP contribution in [0.3, 0.4) is 0 Å². The summed E-state index contributed by atoms with van der Waals surface area (Å²) in [7, 11) is 0. The summed E-state index contributed by atoms with van der Waals surface area (Å²) >= 11 is 0. The molecule has 0 amide bonds. The standard InChI is InChI=1S/C7H14N/c1-7(2)4-3-5-8-6-7/h3,8H,4-6H2,1-2H3. The first-order chi connectivity index (χ1) is 3.71. The van der Waals surface area contributed by atoms with Crippen molar-refractivity contribution in [2.75, 3.05) is 13.1 Å². The molecule has 1 nitrogen and oxygen atoms in total. The lowest BCUT2D eigenvalue weighted by atomic mass is 9.85. The van der Waals surface area contributed by atoms with Gasteiger partial charge >= 0.3 is 0 Å². The van der Waals surface area contributed by atoms with Crippen LogP contribution in [0.15, 0.2) is 0 Å². The van der Waals surface area contributed by atoms with E-state index in [0.29, 0.717) is 5.41 Å². The van der Waals surface area contributed by atoms with Crippen LogP contribution in [0.2, 0.25) is 0 Å². The fourth-order valence-electron chi connectivity index (χ4n) is 1.05. The van der Waals surface area contributed by atoms with E-state index in [9.17, 15) is 0 Å². The van der Waals surface area contributed by atoms with Gasteiger partial charge in [-0.1, -0.05) is 13.8 Å². The molecule has 0 atom stereocenters. The predicted octanol–water partition coefficient (Wildman–Crippen LogP) is 1.21. The third kappa shape index (κ3) is 1.48. The van der Waals surface area contributed by atoms with Crippen molar-refractivity contribution >= 4 is 0 Å². The van der Waals surface area contributed by atoms with Crippen molar-refractivity contribution < 1.29 is 0 Å². The second-order valence-electron chi connectivity index (χ2n) is 3.29. The van der Waals surface area contributed by atoms with Crippen molar-refractivity contribution in [3.63, 3.8) is 0 Å². The average Bonchev–Trinajstić information content (AvgIpc) is 1.65. The van der Waals surface area contributed by atoms with Crippen LogP contribution in [0.5, 0.6) is 0 Å². The topological polar surface area (TPSA) is 12.0 Å². The summed E-state index contributed by atoms with van der Waals surface area (Å²) in [6.07, 6.45) is 3.57. The summed E-state index contributed by atoms with van der Waals surface area (Å²) in [5, 5.41) is 3.32. The molecule has 1 heteroatoms. The van der Waals surface area contributed by atoms with Gasteiger partial charge in [0, 0.05) is 6.54 Å². The molecule has 47 valence electrons. The molecule has 0 unspecified atom stereocenters. The summed E-state index contributed by atoms with van der Waals surface area (Å²) in [4.78, 5) is 0. The zero-order valence-corrected chi connectivity index (χ0v) is 5.70. The molecule has 0 aromatic rings. The van der Waals surface area contributed by atoms with E-state index in [-0.39, 0.29) is 0 Å². The Hall–Kier alpha value is -0.0400. The largest absolute Gasteiger partial charge is 0.316 e. The van der Waals surface area contributed by atoms with Crippen LogP contribution < -0.4 is 5.32 Å². The molecule has 0 bridgehead atoms. The zero-order valence-electron chi connectivity index (χ0n) is 5.70. The van der Waals surface area contributed by atoms with Gasteiger partial charge in [0.15, 0.2) is 0 Å². The van der Waals surface area contributed by atoms with Crippen LogP contribution in [-0.4, -0.2) is 13.1 Å². The molecule has 1 fully saturated rings. The minimum atomic E-state index is 0.512. The Kier molecular flexibility index (Phi) is 1.57. The fraction of sp³-hybridized carbons (Fsp3) is 0.857. The summed E-state index contributed by atoms with van der Waals surface area (Å²) in [5.41, 5.74) is 0.512. The highest BCUT2D eigenvalue weighted by atomic mass is 14.9. The van der Waals surface area contributed by atoms with E-state index in [2.05, 4.69) is 25.6 Å². The maximum absolute atomic E-state index is 3.32. The SMILES string of the molecule is CC1(C)C[CH]CNC1. The molecule has 0 saturated carbocycles. The number of nitrogens with one attached hydrogen (secondary N) is 1. The number of hydrogen-bond acceptors (Lipinski definition) is 1. The van der Waals surface area contributed by atoms with Gasteiger partial charge in [-0.05, 0) is 24.8 Å². The highest BCUT2D eigenvalue weighted by molar-refractivity contribution is 4.86. The van der Waals surface area contributed by atoms with Crippen molar-refractivity contribution in [3.05, 3.63) is 6.42 Å². The van der Waals surface area contributed by atoms with Gasteiger partial charge in [-0.3, -0.25) is 0 Å². The minimum Gasteiger partial charge on any atom is -0.316 e. The van der Waals surface area contributed by atoms with Gasteiger partial charge in [0.25, 0.3) is 0 Å². The van der Waals surface area contributed by atoms with E-state index in [1.165, 1.54) is 13.0 Å². The second kappa shape index (κ2) is 2.06. The van der Waals surface area contributed by atoms with Crippen LogP contribution in [0.1, 0.15) is 20.3 Å². The van der Waals surface area contributed by atoms with Crippen molar-refractivity contribution in [2.24, 2.45) is 5.41 Å². The number of piperidine rings is 1. The van der Waals surface area contributed by atoms with Crippen molar-refractivity contribution in [1.29, 1.82) is 0 Å². The van der Waals surface area contributed by atoms with Gasteiger partial charge in [-0.15, -0.1) is 0 Å². The van der Waals surface area contributed by atoms with E-state index in [1.807, 2.05) is 0 Å². The molecule has 1 aliphatic rings. The molecule has 1 N–H and O–H groups in total. The normalized spacial score (nSPS) is 27.8. The van der Waals surface area contributed by atoms with Crippen LogP contribution >= 0.6 is 0 Å². The molecule has 1 rings (SSSR count). The molecule has 1 radical (unpaired) electrons. The Balaban J connectivity index is 2.33.